The number of nitrogens with two attached hydrogens (primary N) is 1. The van der Waals surface area contributed by atoms with Crippen LogP contribution in [0, 0.1) is 13.8 Å². The van der Waals surface area contributed by atoms with Gasteiger partial charge < -0.3 is 10.3 Å². The van der Waals surface area contributed by atoms with E-state index in [0.29, 0.717) is 6.54 Å². The first-order valence-electron chi connectivity index (χ1n) is 6.03. The lowest BCUT2D eigenvalue weighted by molar-refractivity contribution is 0.767. The highest BCUT2D eigenvalue weighted by molar-refractivity contribution is 9.10. The van der Waals surface area contributed by atoms with Crippen molar-refractivity contribution in [3.05, 3.63) is 39.8 Å². The monoisotopic (exact) mass is 307 g/mol. The molecule has 18 heavy (non-hydrogen) atoms. The fraction of sp³-hybridized carbons (Fsp3) is 0.357. The molecule has 1 aromatic heterocycles. The van der Waals surface area contributed by atoms with Gasteiger partial charge in [-0.3, -0.25) is 0 Å². The van der Waals surface area contributed by atoms with Gasteiger partial charge in [0.05, 0.1) is 0 Å². The Balaban J connectivity index is 2.57. The van der Waals surface area contributed by atoms with Gasteiger partial charge in [-0.2, -0.15) is 0 Å². The quantitative estimate of drug-likeness (QED) is 0.947. The lowest BCUT2D eigenvalue weighted by Crippen LogP contribution is -2.07. The molecule has 3 nitrogen and oxygen atoms in total. The summed E-state index contributed by atoms with van der Waals surface area (Å²) in [7, 11) is 2.01. The van der Waals surface area contributed by atoms with Gasteiger partial charge >= 0.3 is 0 Å². The third-order valence-corrected chi connectivity index (χ3v) is 4.04. The van der Waals surface area contributed by atoms with Gasteiger partial charge in [0.15, 0.2) is 0 Å². The molecule has 0 aliphatic carbocycles. The standard InChI is InChI=1S/C14H18BrN3/c1-9-4-5-10(2)11(8-9)13-14(15)18(3)12(17-13)6-7-16/h4-5,8H,6-7,16H2,1-3H3. The second kappa shape index (κ2) is 5.24. The first-order chi connectivity index (χ1) is 8.54. The van der Waals surface area contributed by atoms with E-state index in [4.69, 9.17) is 10.7 Å². The van der Waals surface area contributed by atoms with E-state index in [9.17, 15) is 0 Å². The largest absolute Gasteiger partial charge is 0.330 e. The number of aryl methyl sites for hydroxylation is 2. The molecule has 0 fully saturated rings. The number of rotatable bonds is 3. The number of halogens is 1. The van der Waals surface area contributed by atoms with E-state index in [0.717, 1.165) is 22.5 Å². The molecule has 0 saturated carbocycles. The Morgan fingerprint density at radius 1 is 1.33 bits per heavy atom. The number of imidazole rings is 1. The smallest absolute Gasteiger partial charge is 0.112 e. The number of hydrogen-bond acceptors (Lipinski definition) is 2. The van der Waals surface area contributed by atoms with E-state index in [1.807, 2.05) is 7.05 Å². The maximum Gasteiger partial charge on any atom is 0.112 e. The number of nitrogens with zero attached hydrogens (tertiary/aromatic N) is 2. The van der Waals surface area contributed by atoms with Crippen LogP contribution >= 0.6 is 15.9 Å². The molecule has 0 spiro atoms. The van der Waals surface area contributed by atoms with Crippen LogP contribution in [0.25, 0.3) is 11.3 Å². The Bertz CT molecular complexity index is 573. The SMILES string of the molecule is Cc1ccc(C)c(-c2nc(CCN)n(C)c2Br)c1. The van der Waals surface area contributed by atoms with Crippen molar-refractivity contribution in [1.82, 2.24) is 9.55 Å². The van der Waals surface area contributed by atoms with E-state index in [1.54, 1.807) is 0 Å². The minimum atomic E-state index is 0.615. The molecule has 0 saturated heterocycles. The van der Waals surface area contributed by atoms with Gasteiger partial charge in [-0.1, -0.05) is 17.7 Å². The molecule has 0 aliphatic rings. The number of benzene rings is 1. The first kappa shape index (κ1) is 13.3. The second-order valence-corrected chi connectivity index (χ2v) is 5.33. The zero-order valence-electron chi connectivity index (χ0n) is 11.0. The van der Waals surface area contributed by atoms with Crippen molar-refractivity contribution >= 4 is 15.9 Å². The van der Waals surface area contributed by atoms with E-state index < -0.39 is 0 Å². The predicted molar refractivity (Wildman–Crippen MR) is 78.6 cm³/mol. The molecular formula is C14H18BrN3. The maximum absolute atomic E-state index is 5.61. The highest BCUT2D eigenvalue weighted by atomic mass is 79.9. The van der Waals surface area contributed by atoms with Crippen molar-refractivity contribution in [1.29, 1.82) is 0 Å². The fourth-order valence-corrected chi connectivity index (χ4v) is 2.54. The van der Waals surface area contributed by atoms with Crippen LogP contribution in [-0.4, -0.2) is 16.1 Å². The summed E-state index contributed by atoms with van der Waals surface area (Å²) in [6.07, 6.45) is 0.792. The van der Waals surface area contributed by atoms with Crippen LogP contribution in [0.2, 0.25) is 0 Å². The van der Waals surface area contributed by atoms with Crippen molar-refractivity contribution in [2.24, 2.45) is 12.8 Å². The second-order valence-electron chi connectivity index (χ2n) is 4.58. The summed E-state index contributed by atoms with van der Waals surface area (Å²) in [5, 5.41) is 0. The van der Waals surface area contributed by atoms with Gasteiger partial charge in [0.25, 0.3) is 0 Å². The summed E-state index contributed by atoms with van der Waals surface area (Å²) < 4.78 is 3.07. The van der Waals surface area contributed by atoms with Crippen LogP contribution in [0.3, 0.4) is 0 Å². The van der Waals surface area contributed by atoms with Crippen LogP contribution in [0.5, 0.6) is 0 Å². The van der Waals surface area contributed by atoms with Crippen molar-refractivity contribution in [3.8, 4) is 11.3 Å². The molecule has 0 radical (unpaired) electrons. The summed E-state index contributed by atoms with van der Waals surface area (Å²) in [5.74, 6) is 1.01. The summed E-state index contributed by atoms with van der Waals surface area (Å²) in [4.78, 5) is 4.71. The third-order valence-electron chi connectivity index (χ3n) is 3.13. The molecule has 96 valence electrons. The average molecular weight is 308 g/mol. The van der Waals surface area contributed by atoms with Gasteiger partial charge in [-0.05, 0) is 48.0 Å². The molecule has 0 unspecified atom stereocenters. The van der Waals surface area contributed by atoms with Gasteiger partial charge in [0.1, 0.15) is 16.1 Å². The predicted octanol–water partition coefficient (Wildman–Crippen LogP) is 2.97. The molecule has 1 aromatic carbocycles. The summed E-state index contributed by atoms with van der Waals surface area (Å²) in [5.41, 5.74) is 10.3. The molecule has 2 N–H and O–H groups in total. The molecule has 0 amide bonds. The lowest BCUT2D eigenvalue weighted by Gasteiger charge is -2.05. The van der Waals surface area contributed by atoms with Crippen molar-refractivity contribution in [2.75, 3.05) is 6.54 Å². The Kier molecular flexibility index (Phi) is 3.88. The van der Waals surface area contributed by atoms with Crippen LogP contribution in [0.15, 0.2) is 22.8 Å². The van der Waals surface area contributed by atoms with Crippen LogP contribution < -0.4 is 5.73 Å². The Hall–Kier alpha value is -1.13. The van der Waals surface area contributed by atoms with E-state index >= 15 is 0 Å². The highest BCUT2D eigenvalue weighted by Crippen LogP contribution is 2.31. The molecule has 1 heterocycles. The average Bonchev–Trinajstić information content (AvgIpc) is 2.61. The van der Waals surface area contributed by atoms with Gasteiger partial charge in [-0.15, -0.1) is 0 Å². The van der Waals surface area contributed by atoms with E-state index in [1.165, 1.54) is 16.7 Å². The minimum absolute atomic E-state index is 0.615. The normalized spacial score (nSPS) is 10.9. The zero-order chi connectivity index (χ0) is 13.3. The first-order valence-corrected chi connectivity index (χ1v) is 6.82. The lowest BCUT2D eigenvalue weighted by atomic mass is 10.0. The van der Waals surface area contributed by atoms with Gasteiger partial charge in [0.2, 0.25) is 0 Å². The van der Waals surface area contributed by atoms with Crippen molar-refractivity contribution in [2.45, 2.75) is 20.3 Å². The van der Waals surface area contributed by atoms with Crippen LogP contribution in [-0.2, 0) is 13.5 Å². The molecule has 0 bridgehead atoms. The van der Waals surface area contributed by atoms with Crippen LogP contribution in [0.1, 0.15) is 17.0 Å². The number of aromatic nitrogens is 2. The Morgan fingerprint density at radius 2 is 2.06 bits per heavy atom. The van der Waals surface area contributed by atoms with Gasteiger partial charge in [0, 0.05) is 19.0 Å². The zero-order valence-corrected chi connectivity index (χ0v) is 12.6. The van der Waals surface area contributed by atoms with E-state index in [2.05, 4.69) is 52.5 Å². The van der Waals surface area contributed by atoms with Crippen molar-refractivity contribution in [3.63, 3.8) is 0 Å². The summed E-state index contributed by atoms with van der Waals surface area (Å²) in [6, 6.07) is 6.43. The fourth-order valence-electron chi connectivity index (χ4n) is 2.04. The summed E-state index contributed by atoms with van der Waals surface area (Å²) in [6.45, 7) is 4.82. The van der Waals surface area contributed by atoms with Crippen molar-refractivity contribution < 1.29 is 0 Å². The van der Waals surface area contributed by atoms with Crippen LogP contribution in [0.4, 0.5) is 0 Å². The highest BCUT2D eigenvalue weighted by Gasteiger charge is 2.15. The summed E-state index contributed by atoms with van der Waals surface area (Å²) >= 11 is 3.63. The topological polar surface area (TPSA) is 43.8 Å². The Morgan fingerprint density at radius 3 is 2.72 bits per heavy atom. The molecular weight excluding hydrogens is 290 g/mol. The molecule has 0 atom stereocenters. The molecule has 2 rings (SSSR count). The Labute approximate surface area is 116 Å². The maximum atomic E-state index is 5.61. The van der Waals surface area contributed by atoms with E-state index in [-0.39, 0.29) is 0 Å². The molecule has 0 aliphatic heterocycles. The minimum Gasteiger partial charge on any atom is -0.330 e. The third kappa shape index (κ3) is 2.35. The molecule has 4 heteroatoms. The number of hydrogen-bond donors (Lipinski definition) is 1. The molecule has 2 aromatic rings. The van der Waals surface area contributed by atoms with Gasteiger partial charge in [-0.25, -0.2) is 4.98 Å².